The van der Waals surface area contributed by atoms with Crippen molar-refractivity contribution in [1.82, 2.24) is 16.0 Å². The average Bonchev–Trinajstić information content (AvgIpc) is 2.94. The molecule has 0 saturated heterocycles. The largest absolute Gasteiger partial charge is 0.482 e. The van der Waals surface area contributed by atoms with E-state index in [1.807, 2.05) is 0 Å². The maximum absolute atomic E-state index is 12.1. The van der Waals surface area contributed by atoms with Gasteiger partial charge in [-0.1, -0.05) is 17.3 Å². The number of benzene rings is 1. The molecule has 0 radical (unpaired) electrons. The lowest BCUT2D eigenvalue weighted by Gasteiger charge is -2.28. The molecule has 1 aliphatic heterocycles. The maximum Gasteiger partial charge on any atom is 0.275 e. The Bertz CT molecular complexity index is 825. The van der Waals surface area contributed by atoms with Crippen molar-refractivity contribution < 1.29 is 23.6 Å². The molecule has 0 aliphatic carbocycles. The number of para-hydroxylation sites is 2. The van der Waals surface area contributed by atoms with Crippen LogP contribution in [0.2, 0.25) is 0 Å². The predicted octanol–water partition coefficient (Wildman–Crippen LogP) is 0.478. The molecule has 0 bridgehead atoms. The SMILES string of the molecule is Cc1noc(C)c1C(=O)NNC(=O)CN1C(=O)COc2ccccc21. The minimum atomic E-state index is -0.551. The molecule has 1 aromatic heterocycles. The quantitative estimate of drug-likeness (QED) is 0.783. The number of nitrogens with zero attached hydrogens (tertiary/aromatic N) is 2. The lowest BCUT2D eigenvalue weighted by molar-refractivity contribution is -0.125. The maximum atomic E-state index is 12.1. The number of carbonyl (C=O) groups is 3. The number of rotatable bonds is 3. The van der Waals surface area contributed by atoms with E-state index < -0.39 is 11.8 Å². The second kappa shape index (κ2) is 6.63. The summed E-state index contributed by atoms with van der Waals surface area (Å²) in [6, 6.07) is 6.91. The van der Waals surface area contributed by atoms with Crippen molar-refractivity contribution in [2.75, 3.05) is 18.1 Å². The van der Waals surface area contributed by atoms with Crippen LogP contribution in [0.5, 0.6) is 5.75 Å². The third kappa shape index (κ3) is 3.30. The third-order valence-corrected chi connectivity index (χ3v) is 3.69. The summed E-state index contributed by atoms with van der Waals surface area (Å²) in [5.74, 6) is -0.564. The van der Waals surface area contributed by atoms with E-state index in [4.69, 9.17) is 9.26 Å². The fraction of sp³-hybridized carbons (Fsp3) is 0.250. The number of ether oxygens (including phenoxy) is 1. The van der Waals surface area contributed by atoms with Crippen molar-refractivity contribution in [1.29, 1.82) is 0 Å². The molecule has 3 amide bonds. The highest BCUT2D eigenvalue weighted by Gasteiger charge is 2.27. The number of amides is 3. The first-order chi connectivity index (χ1) is 12.0. The standard InChI is InChI=1S/C16H16N4O5/c1-9-15(10(2)25-19-9)16(23)18-17-13(21)7-20-11-5-3-4-6-12(11)24-8-14(20)22/h3-6H,7-8H2,1-2H3,(H,17,21)(H,18,23). The first-order valence-corrected chi connectivity index (χ1v) is 7.51. The summed E-state index contributed by atoms with van der Waals surface area (Å²) in [6.45, 7) is 2.83. The van der Waals surface area contributed by atoms with Gasteiger partial charge in [0.1, 0.15) is 23.6 Å². The van der Waals surface area contributed by atoms with Gasteiger partial charge < -0.3 is 9.26 Å². The van der Waals surface area contributed by atoms with Gasteiger partial charge in [-0.15, -0.1) is 0 Å². The summed E-state index contributed by atoms with van der Waals surface area (Å²) in [5, 5.41) is 3.68. The number of anilines is 1. The lowest BCUT2D eigenvalue weighted by atomic mass is 10.2. The molecule has 3 rings (SSSR count). The molecule has 25 heavy (non-hydrogen) atoms. The van der Waals surface area contributed by atoms with Crippen LogP contribution in [0.25, 0.3) is 0 Å². The monoisotopic (exact) mass is 344 g/mol. The molecule has 0 atom stereocenters. The van der Waals surface area contributed by atoms with Crippen LogP contribution < -0.4 is 20.5 Å². The predicted molar refractivity (Wildman–Crippen MR) is 85.9 cm³/mol. The summed E-state index contributed by atoms with van der Waals surface area (Å²) in [7, 11) is 0. The third-order valence-electron chi connectivity index (χ3n) is 3.69. The number of aryl methyl sites for hydroxylation is 2. The number of fused-ring (bicyclic) bond motifs is 1. The Balaban J connectivity index is 1.63. The Morgan fingerprint density at radius 1 is 1.24 bits per heavy atom. The minimum Gasteiger partial charge on any atom is -0.482 e. The van der Waals surface area contributed by atoms with E-state index in [1.165, 1.54) is 4.90 Å². The molecule has 1 aliphatic rings. The van der Waals surface area contributed by atoms with Crippen molar-refractivity contribution in [2.24, 2.45) is 0 Å². The smallest absolute Gasteiger partial charge is 0.275 e. The summed E-state index contributed by atoms with van der Waals surface area (Å²) < 4.78 is 10.2. The van der Waals surface area contributed by atoms with Crippen LogP contribution in [0, 0.1) is 13.8 Å². The van der Waals surface area contributed by atoms with Gasteiger partial charge in [-0.25, -0.2) is 0 Å². The van der Waals surface area contributed by atoms with Gasteiger partial charge in [0.15, 0.2) is 6.61 Å². The molecule has 0 fully saturated rings. The van der Waals surface area contributed by atoms with Crippen LogP contribution in [0.3, 0.4) is 0 Å². The highest BCUT2D eigenvalue weighted by Crippen LogP contribution is 2.31. The summed E-state index contributed by atoms with van der Waals surface area (Å²) >= 11 is 0. The van der Waals surface area contributed by atoms with Crippen molar-refractivity contribution in [3.8, 4) is 5.75 Å². The van der Waals surface area contributed by atoms with Crippen molar-refractivity contribution in [3.05, 3.63) is 41.3 Å². The van der Waals surface area contributed by atoms with Crippen LogP contribution in [0.15, 0.2) is 28.8 Å². The minimum absolute atomic E-state index is 0.143. The average molecular weight is 344 g/mol. The molecule has 0 spiro atoms. The number of nitrogens with one attached hydrogen (secondary N) is 2. The van der Waals surface area contributed by atoms with E-state index in [0.717, 1.165) is 0 Å². The zero-order chi connectivity index (χ0) is 18.0. The van der Waals surface area contributed by atoms with Crippen LogP contribution in [0.1, 0.15) is 21.8 Å². The van der Waals surface area contributed by atoms with Gasteiger partial charge in [0.05, 0.1) is 11.4 Å². The van der Waals surface area contributed by atoms with Gasteiger partial charge in [-0.2, -0.15) is 0 Å². The number of hydrogen-bond acceptors (Lipinski definition) is 6. The van der Waals surface area contributed by atoms with Crippen molar-refractivity contribution in [2.45, 2.75) is 13.8 Å². The molecule has 9 nitrogen and oxygen atoms in total. The van der Waals surface area contributed by atoms with E-state index >= 15 is 0 Å². The molecule has 2 heterocycles. The van der Waals surface area contributed by atoms with E-state index in [2.05, 4.69) is 16.0 Å². The molecule has 130 valence electrons. The zero-order valence-electron chi connectivity index (χ0n) is 13.7. The molecule has 9 heteroatoms. The molecule has 0 unspecified atom stereocenters. The molecule has 2 aromatic rings. The highest BCUT2D eigenvalue weighted by molar-refractivity contribution is 6.03. The number of hydrazine groups is 1. The number of carbonyl (C=O) groups excluding carboxylic acids is 3. The molecular weight excluding hydrogens is 328 g/mol. The van der Waals surface area contributed by atoms with Crippen molar-refractivity contribution >= 4 is 23.4 Å². The summed E-state index contributed by atoms with van der Waals surface area (Å²) in [5.41, 5.74) is 5.75. The van der Waals surface area contributed by atoms with E-state index in [0.29, 0.717) is 22.9 Å². The lowest BCUT2D eigenvalue weighted by Crippen LogP contribution is -2.49. The van der Waals surface area contributed by atoms with E-state index in [-0.39, 0.29) is 24.6 Å². The Hall–Kier alpha value is -3.36. The fourth-order valence-electron chi connectivity index (χ4n) is 2.51. The topological polar surface area (TPSA) is 114 Å². The summed E-state index contributed by atoms with van der Waals surface area (Å²) in [6.07, 6.45) is 0. The molecule has 2 N–H and O–H groups in total. The summed E-state index contributed by atoms with van der Waals surface area (Å²) in [4.78, 5) is 37.5. The van der Waals surface area contributed by atoms with Gasteiger partial charge in [0.25, 0.3) is 17.7 Å². The Morgan fingerprint density at radius 2 is 2.00 bits per heavy atom. The zero-order valence-corrected chi connectivity index (χ0v) is 13.7. The fourth-order valence-corrected chi connectivity index (χ4v) is 2.51. The van der Waals surface area contributed by atoms with Crippen LogP contribution in [-0.4, -0.2) is 36.0 Å². The normalized spacial score (nSPS) is 13.0. The molecule has 0 saturated carbocycles. The second-order valence-electron chi connectivity index (χ2n) is 5.44. The van der Waals surface area contributed by atoms with Gasteiger partial charge in [-0.05, 0) is 26.0 Å². The van der Waals surface area contributed by atoms with E-state index in [9.17, 15) is 14.4 Å². The second-order valence-corrected chi connectivity index (χ2v) is 5.44. The van der Waals surface area contributed by atoms with Gasteiger partial charge in [0, 0.05) is 0 Å². The number of hydrogen-bond donors (Lipinski definition) is 2. The molecular formula is C16H16N4O5. The van der Waals surface area contributed by atoms with Gasteiger partial charge in [-0.3, -0.25) is 30.1 Å². The first-order valence-electron chi connectivity index (χ1n) is 7.51. The Kier molecular flexibility index (Phi) is 4.38. The van der Waals surface area contributed by atoms with Gasteiger partial charge >= 0.3 is 0 Å². The Labute approximate surface area is 142 Å². The van der Waals surface area contributed by atoms with Gasteiger partial charge in [0.2, 0.25) is 0 Å². The first kappa shape index (κ1) is 16.5. The Morgan fingerprint density at radius 3 is 2.72 bits per heavy atom. The van der Waals surface area contributed by atoms with Crippen LogP contribution >= 0.6 is 0 Å². The number of aromatic nitrogens is 1. The highest BCUT2D eigenvalue weighted by atomic mass is 16.5. The van der Waals surface area contributed by atoms with Crippen LogP contribution in [-0.2, 0) is 9.59 Å². The van der Waals surface area contributed by atoms with Crippen molar-refractivity contribution in [3.63, 3.8) is 0 Å². The van der Waals surface area contributed by atoms with E-state index in [1.54, 1.807) is 38.1 Å². The molecule has 1 aromatic carbocycles. The van der Waals surface area contributed by atoms with Crippen LogP contribution in [0.4, 0.5) is 5.69 Å².